The predicted molar refractivity (Wildman–Crippen MR) is 118 cm³/mol. The SMILES string of the molecule is O=C(Nc1ccc(C(=O)N2CCOCC2)cc1)c1cc2c(s1)-c1ccccc1CC2. The standard InChI is InChI=1S/C24H22N2O3S/c27-23(21-15-18-6-5-16-3-1-2-4-20(16)22(18)30-21)25-19-9-7-17(8-10-19)24(28)26-11-13-29-14-12-26/h1-4,7-10,15H,5-6,11-14H2,(H,25,27). The number of fused-ring (bicyclic) bond motifs is 3. The van der Waals surface area contributed by atoms with Gasteiger partial charge in [0.2, 0.25) is 0 Å². The zero-order chi connectivity index (χ0) is 20.5. The molecular formula is C24H22N2O3S. The van der Waals surface area contributed by atoms with Gasteiger partial charge >= 0.3 is 0 Å². The largest absolute Gasteiger partial charge is 0.378 e. The first kappa shape index (κ1) is 19.0. The lowest BCUT2D eigenvalue weighted by Crippen LogP contribution is -2.40. The van der Waals surface area contributed by atoms with Crippen LogP contribution in [-0.2, 0) is 17.6 Å². The molecule has 1 fully saturated rings. The number of nitrogens with one attached hydrogen (secondary N) is 1. The Labute approximate surface area is 179 Å². The van der Waals surface area contributed by atoms with Crippen LogP contribution in [0, 0.1) is 0 Å². The van der Waals surface area contributed by atoms with Gasteiger partial charge in [0, 0.05) is 29.2 Å². The number of hydrogen-bond acceptors (Lipinski definition) is 4. The molecule has 0 spiro atoms. The maximum absolute atomic E-state index is 12.8. The Bertz CT molecular complexity index is 1100. The van der Waals surface area contributed by atoms with E-state index in [1.807, 2.05) is 12.1 Å². The Balaban J connectivity index is 1.29. The van der Waals surface area contributed by atoms with Crippen LogP contribution >= 0.6 is 11.3 Å². The van der Waals surface area contributed by atoms with Crippen LogP contribution in [0.3, 0.4) is 0 Å². The van der Waals surface area contributed by atoms with Crippen LogP contribution < -0.4 is 5.32 Å². The van der Waals surface area contributed by atoms with Crippen molar-refractivity contribution >= 4 is 28.8 Å². The lowest BCUT2D eigenvalue weighted by Gasteiger charge is -2.26. The number of amides is 2. The topological polar surface area (TPSA) is 58.6 Å². The summed E-state index contributed by atoms with van der Waals surface area (Å²) in [5.41, 5.74) is 5.15. The Morgan fingerprint density at radius 2 is 1.67 bits per heavy atom. The van der Waals surface area contributed by atoms with Crippen molar-refractivity contribution in [3.8, 4) is 10.4 Å². The molecule has 30 heavy (non-hydrogen) atoms. The summed E-state index contributed by atoms with van der Waals surface area (Å²) in [6.07, 6.45) is 1.98. The van der Waals surface area contributed by atoms with Gasteiger partial charge in [-0.15, -0.1) is 11.3 Å². The molecule has 0 radical (unpaired) electrons. The van der Waals surface area contributed by atoms with Crippen molar-refractivity contribution in [2.75, 3.05) is 31.6 Å². The Morgan fingerprint density at radius 3 is 2.47 bits per heavy atom. The van der Waals surface area contributed by atoms with Gasteiger partial charge in [0.15, 0.2) is 0 Å². The van der Waals surface area contributed by atoms with Gasteiger partial charge in [0.1, 0.15) is 0 Å². The van der Waals surface area contributed by atoms with Crippen LogP contribution in [0.1, 0.15) is 31.2 Å². The van der Waals surface area contributed by atoms with E-state index in [0.717, 1.165) is 12.8 Å². The van der Waals surface area contributed by atoms with Crippen molar-refractivity contribution in [3.63, 3.8) is 0 Å². The zero-order valence-electron chi connectivity index (χ0n) is 16.5. The third-order valence-corrected chi connectivity index (χ3v) is 6.86. The fourth-order valence-corrected chi connectivity index (χ4v) is 5.19. The summed E-state index contributed by atoms with van der Waals surface area (Å²) in [7, 11) is 0. The molecule has 3 aromatic rings. The van der Waals surface area contributed by atoms with Crippen molar-refractivity contribution < 1.29 is 14.3 Å². The normalized spacial score (nSPS) is 15.3. The number of rotatable bonds is 3. The van der Waals surface area contributed by atoms with E-state index >= 15 is 0 Å². The van der Waals surface area contributed by atoms with E-state index in [9.17, 15) is 9.59 Å². The second-order valence-electron chi connectivity index (χ2n) is 7.56. The first-order valence-electron chi connectivity index (χ1n) is 10.2. The lowest BCUT2D eigenvalue weighted by atomic mass is 9.91. The quantitative estimate of drug-likeness (QED) is 0.692. The van der Waals surface area contributed by atoms with E-state index in [4.69, 9.17) is 4.74 Å². The highest BCUT2D eigenvalue weighted by Gasteiger charge is 2.22. The van der Waals surface area contributed by atoms with Gasteiger partial charge in [0.25, 0.3) is 11.8 Å². The van der Waals surface area contributed by atoms with Gasteiger partial charge in [0.05, 0.1) is 18.1 Å². The first-order valence-corrected chi connectivity index (χ1v) is 11.0. The smallest absolute Gasteiger partial charge is 0.265 e. The van der Waals surface area contributed by atoms with Gasteiger partial charge in [-0.05, 0) is 59.9 Å². The van der Waals surface area contributed by atoms with E-state index in [-0.39, 0.29) is 11.8 Å². The van der Waals surface area contributed by atoms with Crippen LogP contribution in [0.15, 0.2) is 54.6 Å². The molecule has 1 aromatic heterocycles. The summed E-state index contributed by atoms with van der Waals surface area (Å²) in [5.74, 6) is -0.111. The molecule has 0 atom stereocenters. The average Bonchev–Trinajstić information content (AvgIpc) is 3.25. The Hall–Kier alpha value is -2.96. The van der Waals surface area contributed by atoms with E-state index < -0.39 is 0 Å². The molecule has 152 valence electrons. The van der Waals surface area contributed by atoms with Gasteiger partial charge < -0.3 is 15.0 Å². The van der Waals surface area contributed by atoms with E-state index in [1.54, 1.807) is 40.5 Å². The monoisotopic (exact) mass is 418 g/mol. The second-order valence-corrected chi connectivity index (χ2v) is 8.61. The minimum absolute atomic E-state index is 0.000717. The summed E-state index contributed by atoms with van der Waals surface area (Å²) < 4.78 is 5.30. The number of anilines is 1. The summed E-state index contributed by atoms with van der Waals surface area (Å²) in [5, 5.41) is 2.96. The fraction of sp³-hybridized carbons (Fsp3) is 0.250. The second kappa shape index (κ2) is 8.05. The average molecular weight is 419 g/mol. The van der Waals surface area contributed by atoms with Crippen LogP contribution in [0.25, 0.3) is 10.4 Å². The van der Waals surface area contributed by atoms with Gasteiger partial charge in [-0.25, -0.2) is 0 Å². The zero-order valence-corrected chi connectivity index (χ0v) is 17.3. The van der Waals surface area contributed by atoms with Crippen LogP contribution in [0.2, 0.25) is 0 Å². The van der Waals surface area contributed by atoms with Crippen LogP contribution in [0.4, 0.5) is 5.69 Å². The summed E-state index contributed by atoms with van der Waals surface area (Å²) in [6.45, 7) is 2.39. The molecule has 1 saturated heterocycles. The number of benzene rings is 2. The highest BCUT2D eigenvalue weighted by atomic mass is 32.1. The predicted octanol–water partition coefficient (Wildman–Crippen LogP) is 4.24. The van der Waals surface area contributed by atoms with Crippen molar-refractivity contribution in [2.45, 2.75) is 12.8 Å². The molecule has 1 aliphatic heterocycles. The fourth-order valence-electron chi connectivity index (χ4n) is 4.02. The third kappa shape index (κ3) is 3.64. The lowest BCUT2D eigenvalue weighted by molar-refractivity contribution is 0.0303. The molecule has 0 unspecified atom stereocenters. The highest BCUT2D eigenvalue weighted by molar-refractivity contribution is 7.17. The number of carbonyl (C=O) groups is 2. The highest BCUT2D eigenvalue weighted by Crippen LogP contribution is 2.39. The molecule has 0 saturated carbocycles. The summed E-state index contributed by atoms with van der Waals surface area (Å²) in [6, 6.07) is 17.5. The van der Waals surface area contributed by atoms with E-state index in [2.05, 4.69) is 23.5 Å². The van der Waals surface area contributed by atoms with Crippen LogP contribution in [-0.4, -0.2) is 43.0 Å². The van der Waals surface area contributed by atoms with Crippen molar-refractivity contribution in [1.29, 1.82) is 0 Å². The summed E-state index contributed by atoms with van der Waals surface area (Å²) >= 11 is 1.55. The maximum Gasteiger partial charge on any atom is 0.265 e. The molecule has 1 aliphatic carbocycles. The van der Waals surface area contributed by atoms with Crippen molar-refractivity contribution in [1.82, 2.24) is 4.90 Å². The van der Waals surface area contributed by atoms with Crippen LogP contribution in [0.5, 0.6) is 0 Å². The molecule has 6 heteroatoms. The number of morpholine rings is 1. The summed E-state index contributed by atoms with van der Waals surface area (Å²) in [4.78, 5) is 29.1. The van der Waals surface area contributed by atoms with Gasteiger partial charge in [-0.3, -0.25) is 9.59 Å². The number of aryl methyl sites for hydroxylation is 2. The molecule has 5 rings (SSSR count). The number of ether oxygens (including phenoxy) is 1. The molecule has 2 heterocycles. The molecule has 2 amide bonds. The molecule has 0 bridgehead atoms. The van der Waals surface area contributed by atoms with Crippen molar-refractivity contribution in [3.05, 3.63) is 76.2 Å². The molecule has 5 nitrogen and oxygen atoms in total. The molecule has 1 N–H and O–H groups in total. The van der Waals surface area contributed by atoms with Gasteiger partial charge in [-0.2, -0.15) is 0 Å². The minimum Gasteiger partial charge on any atom is -0.378 e. The number of carbonyl (C=O) groups excluding carboxylic acids is 2. The molecular weight excluding hydrogens is 396 g/mol. The first-order chi connectivity index (χ1) is 14.7. The van der Waals surface area contributed by atoms with Crippen molar-refractivity contribution in [2.24, 2.45) is 0 Å². The van der Waals surface area contributed by atoms with E-state index in [1.165, 1.54) is 21.6 Å². The Morgan fingerprint density at radius 1 is 0.933 bits per heavy atom. The third-order valence-electron chi connectivity index (χ3n) is 5.65. The number of hydrogen-bond donors (Lipinski definition) is 1. The maximum atomic E-state index is 12.8. The number of thiophene rings is 1. The number of nitrogens with zero attached hydrogens (tertiary/aromatic N) is 1. The molecule has 2 aliphatic rings. The Kier molecular flexibility index (Phi) is 5.11. The van der Waals surface area contributed by atoms with Gasteiger partial charge in [-0.1, -0.05) is 24.3 Å². The minimum atomic E-state index is -0.112. The van der Waals surface area contributed by atoms with E-state index in [0.29, 0.717) is 42.4 Å². The molecule has 2 aromatic carbocycles.